The first-order chi connectivity index (χ1) is 9.32. The second-order valence-corrected chi connectivity index (χ2v) is 5.09. The van der Waals surface area contributed by atoms with E-state index in [2.05, 4.69) is 5.10 Å². The molecule has 2 aromatic rings. The van der Waals surface area contributed by atoms with Crippen LogP contribution in [0.4, 0.5) is 11.5 Å². The van der Waals surface area contributed by atoms with Crippen molar-refractivity contribution >= 4 is 23.1 Å². The fraction of sp³-hybridized carbons (Fsp3) is 0.308. The summed E-state index contributed by atoms with van der Waals surface area (Å²) in [5, 5.41) is 15.7. The van der Waals surface area contributed by atoms with Gasteiger partial charge in [-0.1, -0.05) is 23.7 Å². The van der Waals surface area contributed by atoms with Crippen molar-refractivity contribution in [1.29, 1.82) is 0 Å². The van der Waals surface area contributed by atoms with Crippen LogP contribution >= 0.6 is 11.6 Å². The van der Waals surface area contributed by atoms with Crippen molar-refractivity contribution in [3.8, 4) is 0 Å². The molecule has 0 aliphatic carbocycles. The quantitative estimate of drug-likeness (QED) is 0.695. The third-order valence-corrected chi connectivity index (χ3v) is 3.79. The van der Waals surface area contributed by atoms with Gasteiger partial charge >= 0.3 is 0 Å². The lowest BCUT2D eigenvalue weighted by atomic mass is 10.0. The molecule has 1 aromatic carbocycles. The number of hydrogen-bond donors (Lipinski definition) is 1. The van der Waals surface area contributed by atoms with E-state index in [1.807, 2.05) is 13.0 Å². The van der Waals surface area contributed by atoms with Gasteiger partial charge < -0.3 is 5.73 Å². The van der Waals surface area contributed by atoms with Gasteiger partial charge in [0.15, 0.2) is 0 Å². The van der Waals surface area contributed by atoms with E-state index in [9.17, 15) is 10.1 Å². The van der Waals surface area contributed by atoms with Crippen LogP contribution in [0.15, 0.2) is 18.2 Å². The molecule has 106 valence electrons. The SMILES string of the molecule is Cc1ccc(C(C)n2nc(C)c(Cl)c2N)cc1[N+](=O)[O-]. The molecule has 0 spiro atoms. The Kier molecular flexibility index (Phi) is 3.67. The molecular formula is C13H15ClN4O2. The van der Waals surface area contributed by atoms with Crippen LogP contribution in [-0.4, -0.2) is 14.7 Å². The lowest BCUT2D eigenvalue weighted by molar-refractivity contribution is -0.385. The summed E-state index contributed by atoms with van der Waals surface area (Å²) in [6, 6.07) is 4.86. The molecular weight excluding hydrogens is 280 g/mol. The van der Waals surface area contributed by atoms with Crippen LogP contribution in [-0.2, 0) is 0 Å². The topological polar surface area (TPSA) is 87.0 Å². The average Bonchev–Trinajstić information content (AvgIpc) is 2.66. The Labute approximate surface area is 121 Å². The summed E-state index contributed by atoms with van der Waals surface area (Å²) in [6.07, 6.45) is 0. The van der Waals surface area contributed by atoms with E-state index in [1.165, 1.54) is 0 Å². The van der Waals surface area contributed by atoms with Gasteiger partial charge in [-0.3, -0.25) is 10.1 Å². The molecule has 0 saturated heterocycles. The standard InChI is InChI=1S/C13H15ClN4O2/c1-7-4-5-10(6-11(7)18(19)20)9(3)17-13(15)12(14)8(2)16-17/h4-6,9H,15H2,1-3H3. The van der Waals surface area contributed by atoms with Crippen molar-refractivity contribution in [3.05, 3.63) is 50.2 Å². The van der Waals surface area contributed by atoms with Crippen LogP contribution in [0.25, 0.3) is 0 Å². The third kappa shape index (κ3) is 2.34. The number of halogens is 1. The summed E-state index contributed by atoms with van der Waals surface area (Å²) in [5.74, 6) is 0.361. The molecule has 0 amide bonds. The molecule has 0 bridgehead atoms. The van der Waals surface area contributed by atoms with Crippen molar-refractivity contribution in [3.63, 3.8) is 0 Å². The molecule has 6 nitrogen and oxygen atoms in total. The van der Waals surface area contributed by atoms with E-state index < -0.39 is 4.92 Å². The minimum Gasteiger partial charge on any atom is -0.383 e. The molecule has 20 heavy (non-hydrogen) atoms. The van der Waals surface area contributed by atoms with Crippen LogP contribution < -0.4 is 5.73 Å². The van der Waals surface area contributed by atoms with Gasteiger partial charge in [-0.2, -0.15) is 5.10 Å². The zero-order valence-electron chi connectivity index (χ0n) is 11.4. The van der Waals surface area contributed by atoms with E-state index in [0.717, 1.165) is 5.56 Å². The van der Waals surface area contributed by atoms with Crippen LogP contribution in [0, 0.1) is 24.0 Å². The zero-order chi connectivity index (χ0) is 15.0. The van der Waals surface area contributed by atoms with Crippen LogP contribution in [0.3, 0.4) is 0 Å². The van der Waals surface area contributed by atoms with Crippen molar-refractivity contribution in [2.75, 3.05) is 5.73 Å². The molecule has 1 heterocycles. The maximum absolute atomic E-state index is 11.0. The van der Waals surface area contributed by atoms with Gasteiger partial charge in [0, 0.05) is 11.6 Å². The van der Waals surface area contributed by atoms with E-state index >= 15 is 0 Å². The number of aromatic nitrogens is 2. The Hall–Kier alpha value is -2.08. The second kappa shape index (κ2) is 5.13. The maximum atomic E-state index is 11.0. The van der Waals surface area contributed by atoms with Crippen LogP contribution in [0.1, 0.15) is 29.8 Å². The number of nitrogen functional groups attached to an aromatic ring is 1. The van der Waals surface area contributed by atoms with Gasteiger partial charge in [-0.15, -0.1) is 0 Å². The first-order valence-electron chi connectivity index (χ1n) is 6.08. The second-order valence-electron chi connectivity index (χ2n) is 4.71. The highest BCUT2D eigenvalue weighted by molar-refractivity contribution is 6.33. The summed E-state index contributed by atoms with van der Waals surface area (Å²) in [7, 11) is 0. The molecule has 1 unspecified atom stereocenters. The fourth-order valence-electron chi connectivity index (χ4n) is 2.06. The highest BCUT2D eigenvalue weighted by Crippen LogP contribution is 2.30. The van der Waals surface area contributed by atoms with E-state index in [4.69, 9.17) is 17.3 Å². The Morgan fingerprint density at radius 2 is 2.10 bits per heavy atom. The largest absolute Gasteiger partial charge is 0.383 e. The van der Waals surface area contributed by atoms with Gasteiger partial charge in [0.1, 0.15) is 10.8 Å². The minimum absolute atomic E-state index is 0.0860. The smallest absolute Gasteiger partial charge is 0.272 e. The van der Waals surface area contributed by atoms with Crippen molar-refractivity contribution in [1.82, 2.24) is 9.78 Å². The molecule has 2 rings (SSSR count). The summed E-state index contributed by atoms with van der Waals surface area (Å²) >= 11 is 6.02. The number of anilines is 1. The van der Waals surface area contributed by atoms with E-state index in [-0.39, 0.29) is 11.7 Å². The predicted octanol–water partition coefficient (Wildman–Crippen LogP) is 3.25. The molecule has 7 heteroatoms. The predicted molar refractivity (Wildman–Crippen MR) is 78.0 cm³/mol. The average molecular weight is 295 g/mol. The number of nitrogens with two attached hydrogens (primary N) is 1. The molecule has 0 saturated carbocycles. The number of rotatable bonds is 3. The van der Waals surface area contributed by atoms with E-state index in [1.54, 1.807) is 30.7 Å². The van der Waals surface area contributed by atoms with Crippen LogP contribution in [0.2, 0.25) is 5.02 Å². The van der Waals surface area contributed by atoms with Crippen LogP contribution in [0.5, 0.6) is 0 Å². The molecule has 0 aliphatic rings. The fourth-order valence-corrected chi connectivity index (χ4v) is 2.19. The number of nitro groups is 1. The number of benzene rings is 1. The van der Waals surface area contributed by atoms with Crippen molar-refractivity contribution in [2.24, 2.45) is 0 Å². The van der Waals surface area contributed by atoms with Gasteiger partial charge in [0.2, 0.25) is 0 Å². The molecule has 1 aromatic heterocycles. The van der Waals surface area contributed by atoms with Crippen molar-refractivity contribution in [2.45, 2.75) is 26.8 Å². The number of aryl methyl sites for hydroxylation is 2. The number of hydrogen-bond acceptors (Lipinski definition) is 4. The first kappa shape index (κ1) is 14.3. The normalized spacial score (nSPS) is 12.4. The summed E-state index contributed by atoms with van der Waals surface area (Å²) in [4.78, 5) is 10.6. The highest BCUT2D eigenvalue weighted by atomic mass is 35.5. The summed E-state index contributed by atoms with van der Waals surface area (Å²) < 4.78 is 1.58. The summed E-state index contributed by atoms with van der Waals surface area (Å²) in [6.45, 7) is 5.34. The lowest BCUT2D eigenvalue weighted by Crippen LogP contribution is -2.12. The Balaban J connectivity index is 2.48. The zero-order valence-corrected chi connectivity index (χ0v) is 12.2. The van der Waals surface area contributed by atoms with Gasteiger partial charge in [-0.05, 0) is 26.3 Å². The summed E-state index contributed by atoms with van der Waals surface area (Å²) in [5.41, 5.74) is 8.00. The molecule has 0 radical (unpaired) electrons. The monoisotopic (exact) mass is 294 g/mol. The molecule has 0 fully saturated rings. The van der Waals surface area contributed by atoms with E-state index in [0.29, 0.717) is 22.1 Å². The molecule has 1 atom stereocenters. The minimum atomic E-state index is -0.393. The third-order valence-electron chi connectivity index (χ3n) is 3.33. The van der Waals surface area contributed by atoms with Crippen molar-refractivity contribution < 1.29 is 4.92 Å². The number of nitro benzene ring substituents is 1. The molecule has 0 aliphatic heterocycles. The highest BCUT2D eigenvalue weighted by Gasteiger charge is 2.19. The van der Waals surface area contributed by atoms with Gasteiger partial charge in [-0.25, -0.2) is 4.68 Å². The lowest BCUT2D eigenvalue weighted by Gasteiger charge is -2.14. The Morgan fingerprint density at radius 3 is 2.60 bits per heavy atom. The first-order valence-corrected chi connectivity index (χ1v) is 6.45. The van der Waals surface area contributed by atoms with Gasteiger partial charge in [0.25, 0.3) is 5.69 Å². The Morgan fingerprint density at radius 1 is 1.45 bits per heavy atom. The maximum Gasteiger partial charge on any atom is 0.272 e. The number of nitrogens with zero attached hydrogens (tertiary/aromatic N) is 3. The Bertz CT molecular complexity index is 681. The van der Waals surface area contributed by atoms with Gasteiger partial charge in [0.05, 0.1) is 16.7 Å². The molecule has 2 N–H and O–H groups in total.